The summed E-state index contributed by atoms with van der Waals surface area (Å²) in [5.41, 5.74) is 6.19. The Morgan fingerprint density at radius 1 is 0.659 bits per heavy atom. The third kappa shape index (κ3) is 9.25. The fourth-order valence-electron chi connectivity index (χ4n) is 3.80. The van der Waals surface area contributed by atoms with E-state index in [1.54, 1.807) is 31.2 Å². The van der Waals surface area contributed by atoms with Crippen molar-refractivity contribution in [1.29, 1.82) is 0 Å². The fraction of sp³-hybridized carbons (Fsp3) is 0.143. The maximum Gasteiger partial charge on any atom is 0.416 e. The van der Waals surface area contributed by atoms with Gasteiger partial charge in [0.2, 0.25) is 0 Å². The minimum atomic E-state index is -1.60. The van der Waals surface area contributed by atoms with Gasteiger partial charge >= 0.3 is 17.9 Å². The van der Waals surface area contributed by atoms with E-state index in [0.717, 1.165) is 6.42 Å². The second-order valence-corrected chi connectivity index (χ2v) is 9.44. The number of para-hydroxylation sites is 2. The number of carboxylic acids is 1. The van der Waals surface area contributed by atoms with Crippen molar-refractivity contribution in [2.45, 2.75) is 33.2 Å². The Hall–Kier alpha value is -5.10. The molecule has 0 radical (unpaired) electrons. The first-order valence-corrected chi connectivity index (χ1v) is 13.0. The number of carbonyl (C=O) groups is 2. The molecule has 0 saturated heterocycles. The predicted molar refractivity (Wildman–Crippen MR) is 161 cm³/mol. The van der Waals surface area contributed by atoms with Crippen molar-refractivity contribution in [1.82, 2.24) is 0 Å². The van der Waals surface area contributed by atoms with Gasteiger partial charge < -0.3 is 19.3 Å². The Morgan fingerprint density at radius 3 is 1.39 bits per heavy atom. The molecule has 0 spiro atoms. The summed E-state index contributed by atoms with van der Waals surface area (Å²) in [5, 5.41) is 7.89. The number of rotatable bonds is 7. The summed E-state index contributed by atoms with van der Waals surface area (Å²) in [6.07, 6.45) is 1.10. The van der Waals surface area contributed by atoms with Crippen LogP contribution in [-0.2, 0) is 20.7 Å². The maximum atomic E-state index is 11.9. The van der Waals surface area contributed by atoms with Crippen molar-refractivity contribution >= 4 is 11.9 Å². The number of aliphatic carboxylic acids is 1. The van der Waals surface area contributed by atoms with Crippen LogP contribution in [0.4, 0.5) is 0 Å². The average molecular weight is 551 g/mol. The smallest absolute Gasteiger partial charge is 0.416 e. The summed E-state index contributed by atoms with van der Waals surface area (Å²) in [7, 11) is 0. The minimum absolute atomic E-state index is 0.176. The van der Waals surface area contributed by atoms with Crippen LogP contribution in [-0.4, -0.2) is 23.0 Å². The standard InChI is InChI=1S/C18H18O4.C13H10.C4H6O2/c1-14(2)17(19)22-18(3,20-15-10-6-4-7-11-15)21-16-12-8-5-9-13-16;1-3-7-12-10(5-1)9-11-6-2-4-8-13(11)12;1-3(2)4(5)6/h4-13H,1H2,2-3H3;1-8H,9H2;1H2,2H3,(H,5,6). The summed E-state index contributed by atoms with van der Waals surface area (Å²) in [6.45, 7) is 11.3. The number of benzene rings is 4. The van der Waals surface area contributed by atoms with Crippen molar-refractivity contribution < 1.29 is 28.9 Å². The zero-order valence-electron chi connectivity index (χ0n) is 23.5. The number of carboxylic acid groups (broad SMARTS) is 1. The van der Waals surface area contributed by atoms with Crippen LogP contribution < -0.4 is 9.47 Å². The number of esters is 1. The number of hydrogen-bond acceptors (Lipinski definition) is 5. The molecule has 0 atom stereocenters. The van der Waals surface area contributed by atoms with Gasteiger partial charge in [-0.3, -0.25) is 0 Å². The van der Waals surface area contributed by atoms with Crippen LogP contribution >= 0.6 is 0 Å². The molecule has 4 aromatic carbocycles. The highest BCUT2D eigenvalue weighted by Crippen LogP contribution is 2.35. The van der Waals surface area contributed by atoms with Crippen LogP contribution in [0, 0.1) is 0 Å². The van der Waals surface area contributed by atoms with Crippen molar-refractivity contribution in [3.8, 4) is 22.6 Å². The molecule has 0 amide bonds. The van der Waals surface area contributed by atoms with E-state index in [1.165, 1.54) is 36.1 Å². The van der Waals surface area contributed by atoms with E-state index in [0.29, 0.717) is 11.5 Å². The van der Waals surface area contributed by atoms with Crippen LogP contribution in [0.15, 0.2) is 133 Å². The summed E-state index contributed by atoms with van der Waals surface area (Å²) in [5.74, 6) is -2.08. The molecule has 5 rings (SSSR count). The van der Waals surface area contributed by atoms with Gasteiger partial charge in [0.05, 0.1) is 6.92 Å². The maximum absolute atomic E-state index is 11.9. The van der Waals surface area contributed by atoms with E-state index in [9.17, 15) is 9.59 Å². The van der Waals surface area contributed by atoms with Gasteiger partial charge in [-0.15, -0.1) is 0 Å². The topological polar surface area (TPSA) is 82.1 Å². The van der Waals surface area contributed by atoms with E-state index >= 15 is 0 Å². The van der Waals surface area contributed by atoms with Crippen molar-refractivity contribution in [3.63, 3.8) is 0 Å². The van der Waals surface area contributed by atoms with Gasteiger partial charge in [-0.05, 0) is 66.8 Å². The van der Waals surface area contributed by atoms with Crippen LogP contribution in [0.2, 0.25) is 0 Å². The predicted octanol–water partition coefficient (Wildman–Crippen LogP) is 7.84. The van der Waals surface area contributed by atoms with Gasteiger partial charge in [0.25, 0.3) is 0 Å². The van der Waals surface area contributed by atoms with E-state index in [4.69, 9.17) is 19.3 Å². The van der Waals surface area contributed by atoms with E-state index < -0.39 is 17.9 Å². The van der Waals surface area contributed by atoms with Crippen LogP contribution in [0.5, 0.6) is 11.5 Å². The van der Waals surface area contributed by atoms with Gasteiger partial charge in [-0.25, -0.2) is 9.59 Å². The van der Waals surface area contributed by atoms with E-state index in [-0.39, 0.29) is 11.1 Å². The minimum Gasteiger partial charge on any atom is -0.478 e. The number of fused-ring (bicyclic) bond motifs is 3. The lowest BCUT2D eigenvalue weighted by atomic mass is 10.1. The van der Waals surface area contributed by atoms with Gasteiger partial charge in [0, 0.05) is 11.1 Å². The molecule has 0 aliphatic heterocycles. The molecule has 4 aromatic rings. The monoisotopic (exact) mass is 550 g/mol. The lowest BCUT2D eigenvalue weighted by Gasteiger charge is -2.30. The third-order valence-electron chi connectivity index (χ3n) is 5.79. The lowest BCUT2D eigenvalue weighted by molar-refractivity contribution is -0.271. The summed E-state index contributed by atoms with van der Waals surface area (Å²) in [6, 6.07) is 35.3. The third-order valence-corrected chi connectivity index (χ3v) is 5.79. The largest absolute Gasteiger partial charge is 0.478 e. The molecule has 0 saturated carbocycles. The zero-order valence-corrected chi connectivity index (χ0v) is 23.5. The highest BCUT2D eigenvalue weighted by molar-refractivity contribution is 5.87. The molecular formula is C35H34O6. The first-order chi connectivity index (χ1) is 19.6. The van der Waals surface area contributed by atoms with Crippen molar-refractivity contribution in [2.75, 3.05) is 0 Å². The van der Waals surface area contributed by atoms with Crippen molar-refractivity contribution in [3.05, 3.63) is 145 Å². The summed E-state index contributed by atoms with van der Waals surface area (Å²) in [4.78, 5) is 21.5. The molecule has 0 heterocycles. The fourth-order valence-corrected chi connectivity index (χ4v) is 3.80. The molecule has 1 aliphatic rings. The normalized spacial score (nSPS) is 10.7. The highest BCUT2D eigenvalue weighted by Gasteiger charge is 2.34. The van der Waals surface area contributed by atoms with Crippen molar-refractivity contribution in [2.24, 2.45) is 0 Å². The Kier molecular flexibility index (Phi) is 10.6. The molecule has 41 heavy (non-hydrogen) atoms. The number of carbonyl (C=O) groups excluding carboxylic acids is 1. The highest BCUT2D eigenvalue weighted by atomic mass is 16.9. The summed E-state index contributed by atoms with van der Waals surface area (Å²) >= 11 is 0. The van der Waals surface area contributed by atoms with Gasteiger partial charge in [-0.2, -0.15) is 0 Å². The van der Waals surface area contributed by atoms with E-state index in [2.05, 4.69) is 61.7 Å². The Labute approximate surface area is 241 Å². The second-order valence-electron chi connectivity index (χ2n) is 9.44. The Bertz CT molecular complexity index is 1390. The van der Waals surface area contributed by atoms with Gasteiger partial charge in [0.15, 0.2) is 0 Å². The van der Waals surface area contributed by atoms with Gasteiger partial charge in [0.1, 0.15) is 11.5 Å². The molecule has 1 N–H and O–H groups in total. The molecular weight excluding hydrogens is 516 g/mol. The quantitative estimate of drug-likeness (QED) is 0.126. The van der Waals surface area contributed by atoms with Gasteiger partial charge in [-0.1, -0.05) is 98.1 Å². The molecule has 0 fully saturated rings. The Balaban J connectivity index is 0.000000203. The molecule has 6 heteroatoms. The molecule has 0 bridgehead atoms. The summed E-state index contributed by atoms with van der Waals surface area (Å²) < 4.78 is 16.8. The number of hydrogen-bond donors (Lipinski definition) is 1. The SMILES string of the molecule is C=C(C)C(=O)O.C=C(C)C(=O)OC(C)(Oc1ccccc1)Oc1ccccc1.c1ccc2c(c1)Cc1ccccc1-2. The lowest BCUT2D eigenvalue weighted by Crippen LogP contribution is -2.44. The second kappa shape index (κ2) is 14.3. The van der Waals surface area contributed by atoms with E-state index in [1.807, 2.05) is 36.4 Å². The molecule has 0 aromatic heterocycles. The average Bonchev–Trinajstić information content (AvgIpc) is 3.33. The molecule has 6 nitrogen and oxygen atoms in total. The first kappa shape index (κ1) is 30.4. The molecule has 0 unspecified atom stereocenters. The molecule has 1 aliphatic carbocycles. The zero-order chi connectivity index (χ0) is 29.8. The van der Waals surface area contributed by atoms with Crippen LogP contribution in [0.1, 0.15) is 31.9 Å². The van der Waals surface area contributed by atoms with Crippen LogP contribution in [0.3, 0.4) is 0 Å². The first-order valence-electron chi connectivity index (χ1n) is 13.0. The van der Waals surface area contributed by atoms with Crippen LogP contribution in [0.25, 0.3) is 11.1 Å². The molecule has 210 valence electrons. The number of ether oxygens (including phenoxy) is 3. The Morgan fingerprint density at radius 2 is 1.02 bits per heavy atom.